The average Bonchev–Trinajstić information content (AvgIpc) is 2.66. The molecule has 0 unspecified atom stereocenters. The molecule has 1 amide bonds. The van der Waals surface area contributed by atoms with E-state index in [2.05, 4.69) is 27.4 Å². The van der Waals surface area contributed by atoms with Gasteiger partial charge < -0.3 is 26.0 Å². The van der Waals surface area contributed by atoms with Crippen molar-refractivity contribution in [2.75, 3.05) is 66.1 Å². The van der Waals surface area contributed by atoms with Crippen LogP contribution in [0.25, 0.3) is 0 Å². The maximum atomic E-state index is 11.0. The van der Waals surface area contributed by atoms with Crippen LogP contribution in [0.1, 0.15) is 32.6 Å². The normalized spacial score (nSPS) is 20.6. The van der Waals surface area contributed by atoms with Gasteiger partial charge >= 0.3 is 0 Å². The molecule has 0 aromatic heterocycles. The Morgan fingerprint density at radius 1 is 1.14 bits per heavy atom. The number of guanidine groups is 1. The first-order chi connectivity index (χ1) is 13.1. The van der Waals surface area contributed by atoms with E-state index in [0.29, 0.717) is 18.5 Å². The average molecular weight is 510 g/mol. The number of halogens is 1. The van der Waals surface area contributed by atoms with E-state index < -0.39 is 0 Å². The van der Waals surface area contributed by atoms with E-state index in [1.807, 2.05) is 0 Å². The van der Waals surface area contributed by atoms with Crippen LogP contribution >= 0.6 is 24.0 Å². The molecule has 0 aliphatic carbocycles. The number of likely N-dealkylation sites (tertiary alicyclic amines) is 2. The summed E-state index contributed by atoms with van der Waals surface area (Å²) >= 11 is 0. The van der Waals surface area contributed by atoms with Crippen molar-refractivity contribution in [3.63, 3.8) is 0 Å². The van der Waals surface area contributed by atoms with E-state index in [1.54, 1.807) is 7.11 Å². The van der Waals surface area contributed by atoms with Gasteiger partial charge in [-0.15, -0.1) is 24.0 Å². The molecule has 8 nitrogen and oxygen atoms in total. The number of nitrogens with one attached hydrogen (secondary N) is 2. The van der Waals surface area contributed by atoms with Crippen molar-refractivity contribution in [1.82, 2.24) is 20.4 Å². The van der Waals surface area contributed by atoms with Gasteiger partial charge in [0.05, 0.1) is 13.2 Å². The quantitative estimate of drug-likeness (QED) is 0.237. The molecule has 4 N–H and O–H groups in total. The van der Waals surface area contributed by atoms with E-state index in [0.717, 1.165) is 71.2 Å². The fraction of sp³-hybridized carbons (Fsp3) is 0.895. The van der Waals surface area contributed by atoms with E-state index in [1.165, 1.54) is 12.8 Å². The predicted molar refractivity (Wildman–Crippen MR) is 124 cm³/mol. The standard InChI is InChI=1S/C19H38N6O2.HI/c1-3-21-19(23-17-6-10-25(11-7-17)15-18(20)26)22-14-16-4-8-24(9-5-16)12-13-27-2;/h16-17H,3-15H2,1-2H3,(H2,20,26)(H2,21,22,23);1H. The Morgan fingerprint density at radius 2 is 1.79 bits per heavy atom. The first kappa shape index (κ1) is 25.4. The minimum Gasteiger partial charge on any atom is -0.383 e. The van der Waals surface area contributed by atoms with Gasteiger partial charge in [-0.3, -0.25) is 14.7 Å². The van der Waals surface area contributed by atoms with Gasteiger partial charge in [0.1, 0.15) is 0 Å². The maximum absolute atomic E-state index is 11.0. The first-order valence-electron chi connectivity index (χ1n) is 10.4. The molecule has 28 heavy (non-hydrogen) atoms. The number of nitrogens with two attached hydrogens (primary N) is 1. The molecule has 0 aromatic rings. The molecule has 0 atom stereocenters. The molecule has 2 fully saturated rings. The van der Waals surface area contributed by atoms with Crippen LogP contribution in [-0.2, 0) is 9.53 Å². The highest BCUT2D eigenvalue weighted by atomic mass is 127. The van der Waals surface area contributed by atoms with Gasteiger partial charge in [-0.25, -0.2) is 0 Å². The maximum Gasteiger partial charge on any atom is 0.231 e. The fourth-order valence-corrected chi connectivity index (χ4v) is 3.80. The summed E-state index contributed by atoms with van der Waals surface area (Å²) in [6.07, 6.45) is 4.43. The molecule has 0 radical (unpaired) electrons. The van der Waals surface area contributed by atoms with Crippen LogP contribution in [0.2, 0.25) is 0 Å². The summed E-state index contributed by atoms with van der Waals surface area (Å²) in [4.78, 5) is 20.5. The number of hydrogen-bond donors (Lipinski definition) is 3. The van der Waals surface area contributed by atoms with Gasteiger partial charge in [-0.05, 0) is 51.6 Å². The molecule has 2 rings (SSSR count). The second-order valence-electron chi connectivity index (χ2n) is 7.66. The highest BCUT2D eigenvalue weighted by molar-refractivity contribution is 14.0. The number of hydrogen-bond acceptors (Lipinski definition) is 5. The molecule has 2 aliphatic heterocycles. The van der Waals surface area contributed by atoms with Crippen LogP contribution < -0.4 is 16.4 Å². The Morgan fingerprint density at radius 3 is 2.36 bits per heavy atom. The number of amides is 1. The van der Waals surface area contributed by atoms with Gasteiger partial charge in [-0.2, -0.15) is 0 Å². The van der Waals surface area contributed by atoms with Gasteiger partial charge in [0.15, 0.2) is 5.96 Å². The summed E-state index contributed by atoms with van der Waals surface area (Å²) in [5.74, 6) is 1.34. The SMILES string of the molecule is CCNC(=NCC1CCN(CCOC)CC1)NC1CCN(CC(N)=O)CC1.I. The Labute approximate surface area is 187 Å². The van der Waals surface area contributed by atoms with Crippen molar-refractivity contribution >= 4 is 35.8 Å². The number of piperidine rings is 2. The van der Waals surface area contributed by atoms with Gasteiger partial charge in [0.25, 0.3) is 0 Å². The molecule has 0 aromatic carbocycles. The lowest BCUT2D eigenvalue weighted by molar-refractivity contribution is -0.119. The Hall–Kier alpha value is -0.650. The largest absolute Gasteiger partial charge is 0.383 e. The van der Waals surface area contributed by atoms with Gasteiger partial charge in [0.2, 0.25) is 5.91 Å². The number of aliphatic imine (C=N–C) groups is 1. The lowest BCUT2D eigenvalue weighted by Gasteiger charge is -2.33. The van der Waals surface area contributed by atoms with E-state index in [9.17, 15) is 4.79 Å². The predicted octanol–water partition coefficient (Wildman–Crippen LogP) is 0.468. The summed E-state index contributed by atoms with van der Waals surface area (Å²) in [5.41, 5.74) is 5.29. The van der Waals surface area contributed by atoms with Crippen LogP contribution in [0.4, 0.5) is 0 Å². The van der Waals surface area contributed by atoms with Crippen LogP contribution in [0.5, 0.6) is 0 Å². The van der Waals surface area contributed by atoms with Crippen LogP contribution in [0.15, 0.2) is 4.99 Å². The van der Waals surface area contributed by atoms with Crippen LogP contribution in [0, 0.1) is 5.92 Å². The monoisotopic (exact) mass is 510 g/mol. The molecule has 164 valence electrons. The van der Waals surface area contributed by atoms with E-state index in [4.69, 9.17) is 15.5 Å². The number of primary amides is 1. The number of methoxy groups -OCH3 is 1. The summed E-state index contributed by atoms with van der Waals surface area (Å²) in [6.45, 7) is 10.2. The molecule has 2 heterocycles. The second-order valence-corrected chi connectivity index (χ2v) is 7.66. The van der Waals surface area contributed by atoms with Crippen molar-refractivity contribution in [3.8, 4) is 0 Å². The second kappa shape index (κ2) is 14.4. The fourth-order valence-electron chi connectivity index (χ4n) is 3.80. The zero-order valence-corrected chi connectivity index (χ0v) is 19.8. The van der Waals surface area contributed by atoms with E-state index >= 15 is 0 Å². The minimum atomic E-state index is -0.246. The highest BCUT2D eigenvalue weighted by Crippen LogP contribution is 2.17. The topological polar surface area (TPSA) is 95.2 Å². The van der Waals surface area contributed by atoms with Gasteiger partial charge in [-0.1, -0.05) is 0 Å². The number of carbonyl (C=O) groups excluding carboxylic acids is 1. The number of ether oxygens (including phenoxy) is 1. The molecule has 0 saturated carbocycles. The molecule has 2 saturated heterocycles. The number of rotatable bonds is 9. The Balaban J connectivity index is 0.00000392. The third-order valence-corrected chi connectivity index (χ3v) is 5.48. The molecule has 0 spiro atoms. The molecule has 2 aliphatic rings. The summed E-state index contributed by atoms with van der Waals surface area (Å²) in [7, 11) is 1.76. The number of carbonyl (C=O) groups is 1. The first-order valence-corrected chi connectivity index (χ1v) is 10.4. The molecule has 0 bridgehead atoms. The van der Waals surface area contributed by atoms with Crippen molar-refractivity contribution in [1.29, 1.82) is 0 Å². The third-order valence-electron chi connectivity index (χ3n) is 5.48. The van der Waals surface area contributed by atoms with Gasteiger partial charge in [0, 0.05) is 45.9 Å². The van der Waals surface area contributed by atoms with Crippen LogP contribution in [0.3, 0.4) is 0 Å². The number of nitrogens with zero attached hydrogens (tertiary/aromatic N) is 3. The lowest BCUT2D eigenvalue weighted by Crippen LogP contribution is -2.50. The minimum absolute atomic E-state index is 0. The third kappa shape index (κ3) is 9.71. The summed E-state index contributed by atoms with van der Waals surface area (Å²) in [6, 6.07) is 0.405. The smallest absolute Gasteiger partial charge is 0.231 e. The molecular formula is C19H39IN6O2. The van der Waals surface area contributed by atoms with Crippen molar-refractivity contribution < 1.29 is 9.53 Å². The van der Waals surface area contributed by atoms with Crippen molar-refractivity contribution in [2.24, 2.45) is 16.6 Å². The molecular weight excluding hydrogens is 471 g/mol. The Bertz CT molecular complexity index is 463. The van der Waals surface area contributed by atoms with Crippen molar-refractivity contribution in [3.05, 3.63) is 0 Å². The molecule has 9 heteroatoms. The zero-order valence-electron chi connectivity index (χ0n) is 17.5. The van der Waals surface area contributed by atoms with Crippen LogP contribution in [-0.4, -0.2) is 93.8 Å². The highest BCUT2D eigenvalue weighted by Gasteiger charge is 2.22. The summed E-state index contributed by atoms with van der Waals surface area (Å²) < 4.78 is 5.17. The lowest BCUT2D eigenvalue weighted by atomic mass is 9.97. The van der Waals surface area contributed by atoms with Crippen molar-refractivity contribution in [2.45, 2.75) is 38.6 Å². The van der Waals surface area contributed by atoms with E-state index in [-0.39, 0.29) is 29.9 Å². The summed E-state index contributed by atoms with van der Waals surface area (Å²) in [5, 5.41) is 6.95. The Kier molecular flexibility index (Phi) is 13.0. The zero-order chi connectivity index (χ0) is 19.5.